The fourth-order valence-corrected chi connectivity index (χ4v) is 1.88. The van der Waals surface area contributed by atoms with Crippen molar-refractivity contribution >= 4 is 5.69 Å². The molecule has 0 aliphatic carbocycles. The molecule has 0 aliphatic rings. The lowest BCUT2D eigenvalue weighted by Crippen LogP contribution is -2.42. The predicted molar refractivity (Wildman–Crippen MR) is 70.4 cm³/mol. The van der Waals surface area contributed by atoms with E-state index in [4.69, 9.17) is 0 Å². The molecule has 0 bridgehead atoms. The third kappa shape index (κ3) is 3.28. The Hall–Kier alpha value is -1.96. The van der Waals surface area contributed by atoms with Crippen LogP contribution in [0.1, 0.15) is 13.8 Å². The fraction of sp³-hybridized carbons (Fsp3) is 0.636. The Balaban J connectivity index is 3.36. The lowest BCUT2D eigenvalue weighted by Gasteiger charge is -2.13. The molecule has 0 saturated heterocycles. The van der Waals surface area contributed by atoms with Crippen molar-refractivity contribution in [2.45, 2.75) is 26.9 Å². The molecule has 1 aromatic heterocycles. The minimum atomic E-state index is -0.845. The molecule has 1 N–H and O–H groups in total. The summed E-state index contributed by atoms with van der Waals surface area (Å²) in [6.07, 6.45) is 1.00. The molecule has 1 atom stereocenters. The molecule has 1 unspecified atom stereocenters. The van der Waals surface area contributed by atoms with E-state index in [9.17, 15) is 19.7 Å². The standard InChI is InChI=1S/C11H18N4O4/c1-4-13-7-9(15(18)19)10(16)14(11(13)17)6-8(2)5-12-3/h7-8,12H,4-6H2,1-3H3. The minimum absolute atomic E-state index is 0.0164. The third-order valence-corrected chi connectivity index (χ3v) is 2.80. The molecule has 0 aromatic carbocycles. The molecule has 0 saturated carbocycles. The second kappa shape index (κ2) is 6.28. The van der Waals surface area contributed by atoms with Crippen LogP contribution >= 0.6 is 0 Å². The first-order valence-corrected chi connectivity index (χ1v) is 6.05. The molecule has 0 radical (unpaired) electrons. The first-order valence-electron chi connectivity index (χ1n) is 6.05. The highest BCUT2D eigenvalue weighted by molar-refractivity contribution is 5.21. The topological polar surface area (TPSA) is 99.2 Å². The van der Waals surface area contributed by atoms with Crippen LogP contribution in [0.25, 0.3) is 0 Å². The molecule has 0 aliphatic heterocycles. The molecule has 0 amide bonds. The molecule has 1 aromatic rings. The van der Waals surface area contributed by atoms with E-state index in [2.05, 4.69) is 5.32 Å². The zero-order valence-corrected chi connectivity index (χ0v) is 11.3. The SMILES string of the molecule is CCn1cc([N+](=O)[O-])c(=O)n(CC(C)CNC)c1=O. The maximum absolute atomic E-state index is 12.0. The van der Waals surface area contributed by atoms with Gasteiger partial charge in [-0.15, -0.1) is 0 Å². The highest BCUT2D eigenvalue weighted by Gasteiger charge is 2.20. The lowest BCUT2D eigenvalue weighted by molar-refractivity contribution is -0.387. The van der Waals surface area contributed by atoms with Crippen LogP contribution in [0.5, 0.6) is 0 Å². The van der Waals surface area contributed by atoms with E-state index in [0.717, 1.165) is 10.8 Å². The average Bonchev–Trinajstić information content (AvgIpc) is 2.34. The number of nitro groups is 1. The highest BCUT2D eigenvalue weighted by Crippen LogP contribution is 2.02. The Morgan fingerprint density at radius 2 is 2.11 bits per heavy atom. The van der Waals surface area contributed by atoms with Gasteiger partial charge in [0.1, 0.15) is 0 Å². The lowest BCUT2D eigenvalue weighted by atomic mass is 10.2. The molecular formula is C11H18N4O4. The van der Waals surface area contributed by atoms with Gasteiger partial charge < -0.3 is 5.32 Å². The summed E-state index contributed by atoms with van der Waals surface area (Å²) in [6.45, 7) is 4.59. The van der Waals surface area contributed by atoms with E-state index >= 15 is 0 Å². The number of nitrogens with one attached hydrogen (secondary N) is 1. The van der Waals surface area contributed by atoms with E-state index in [1.54, 1.807) is 14.0 Å². The molecule has 0 fully saturated rings. The maximum atomic E-state index is 12.0. The molecule has 19 heavy (non-hydrogen) atoms. The van der Waals surface area contributed by atoms with Gasteiger partial charge >= 0.3 is 16.9 Å². The Kier molecular flexibility index (Phi) is 4.99. The van der Waals surface area contributed by atoms with Crippen molar-refractivity contribution in [3.63, 3.8) is 0 Å². The summed E-state index contributed by atoms with van der Waals surface area (Å²) in [5.41, 5.74) is -1.93. The Morgan fingerprint density at radius 1 is 1.47 bits per heavy atom. The highest BCUT2D eigenvalue weighted by atomic mass is 16.6. The summed E-state index contributed by atoms with van der Waals surface area (Å²) in [5, 5.41) is 13.8. The zero-order valence-electron chi connectivity index (χ0n) is 11.3. The van der Waals surface area contributed by atoms with Crippen molar-refractivity contribution in [2.75, 3.05) is 13.6 Å². The van der Waals surface area contributed by atoms with E-state index < -0.39 is 21.9 Å². The van der Waals surface area contributed by atoms with Gasteiger partial charge in [0.15, 0.2) is 0 Å². The first kappa shape index (κ1) is 15.1. The maximum Gasteiger partial charge on any atom is 0.350 e. The summed E-state index contributed by atoms with van der Waals surface area (Å²) < 4.78 is 2.11. The second-order valence-electron chi connectivity index (χ2n) is 4.42. The number of nitrogens with zero attached hydrogens (tertiary/aromatic N) is 3. The summed E-state index contributed by atoms with van der Waals surface area (Å²) in [4.78, 5) is 34.0. The number of aryl methyl sites for hydroxylation is 1. The molecule has 106 valence electrons. The minimum Gasteiger partial charge on any atom is -0.319 e. The Bertz CT molecular complexity index is 575. The molecule has 8 nitrogen and oxygen atoms in total. The fourth-order valence-electron chi connectivity index (χ4n) is 1.88. The van der Waals surface area contributed by atoms with E-state index in [1.807, 2.05) is 6.92 Å². The van der Waals surface area contributed by atoms with Crippen LogP contribution in [0.2, 0.25) is 0 Å². The van der Waals surface area contributed by atoms with Crippen LogP contribution in [0.3, 0.4) is 0 Å². The van der Waals surface area contributed by atoms with Gasteiger partial charge in [-0.3, -0.25) is 24.0 Å². The van der Waals surface area contributed by atoms with Crippen LogP contribution < -0.4 is 16.6 Å². The summed E-state index contributed by atoms with van der Waals surface area (Å²) in [5.74, 6) is 0.0164. The van der Waals surface area contributed by atoms with Crippen molar-refractivity contribution < 1.29 is 4.92 Å². The monoisotopic (exact) mass is 270 g/mol. The van der Waals surface area contributed by atoms with Crippen molar-refractivity contribution in [3.05, 3.63) is 37.1 Å². The smallest absolute Gasteiger partial charge is 0.319 e. The first-order chi connectivity index (χ1) is 8.92. The number of rotatable bonds is 6. The molecule has 1 heterocycles. The molecule has 8 heteroatoms. The number of aromatic nitrogens is 2. The summed E-state index contributed by atoms with van der Waals surface area (Å²) in [7, 11) is 1.76. The van der Waals surface area contributed by atoms with Crippen LogP contribution in [0.4, 0.5) is 5.69 Å². The van der Waals surface area contributed by atoms with Crippen molar-refractivity contribution in [1.82, 2.24) is 14.5 Å². The van der Waals surface area contributed by atoms with E-state index in [-0.39, 0.29) is 19.0 Å². The van der Waals surface area contributed by atoms with E-state index in [1.165, 1.54) is 4.57 Å². The van der Waals surface area contributed by atoms with Gasteiger partial charge in [-0.25, -0.2) is 4.79 Å². The number of hydrogen-bond acceptors (Lipinski definition) is 5. The van der Waals surface area contributed by atoms with Gasteiger partial charge in [-0.05, 0) is 26.4 Å². The van der Waals surface area contributed by atoms with Gasteiger partial charge in [0.05, 0.1) is 11.1 Å². The average molecular weight is 270 g/mol. The summed E-state index contributed by atoms with van der Waals surface area (Å²) >= 11 is 0. The van der Waals surface area contributed by atoms with Gasteiger partial charge in [0, 0.05) is 13.1 Å². The van der Waals surface area contributed by atoms with Gasteiger partial charge in [0.25, 0.3) is 0 Å². The van der Waals surface area contributed by atoms with Crippen LogP contribution in [-0.4, -0.2) is 27.6 Å². The largest absolute Gasteiger partial charge is 0.350 e. The van der Waals surface area contributed by atoms with Crippen LogP contribution in [-0.2, 0) is 13.1 Å². The second-order valence-corrected chi connectivity index (χ2v) is 4.42. The number of hydrogen-bond donors (Lipinski definition) is 1. The van der Waals surface area contributed by atoms with Crippen molar-refractivity contribution in [3.8, 4) is 0 Å². The van der Waals surface area contributed by atoms with Gasteiger partial charge in [-0.2, -0.15) is 0 Å². The molecule has 1 rings (SSSR count). The Morgan fingerprint density at radius 3 is 2.58 bits per heavy atom. The van der Waals surface area contributed by atoms with Gasteiger partial charge in [-0.1, -0.05) is 6.92 Å². The van der Waals surface area contributed by atoms with E-state index in [0.29, 0.717) is 6.54 Å². The predicted octanol–water partition coefficient (Wildman–Crippen LogP) is -0.206. The molecule has 0 spiro atoms. The van der Waals surface area contributed by atoms with Gasteiger partial charge in [0.2, 0.25) is 0 Å². The third-order valence-electron chi connectivity index (χ3n) is 2.80. The Labute approximate surface area is 109 Å². The molecular weight excluding hydrogens is 252 g/mol. The van der Waals surface area contributed by atoms with Crippen molar-refractivity contribution in [1.29, 1.82) is 0 Å². The quantitative estimate of drug-likeness (QED) is 0.569. The normalized spacial score (nSPS) is 12.4. The van der Waals surface area contributed by atoms with Crippen LogP contribution in [0, 0.1) is 16.0 Å². The summed E-state index contributed by atoms with van der Waals surface area (Å²) in [6, 6.07) is 0. The van der Waals surface area contributed by atoms with Crippen LogP contribution in [0.15, 0.2) is 15.8 Å². The van der Waals surface area contributed by atoms with Crippen molar-refractivity contribution in [2.24, 2.45) is 5.92 Å². The zero-order chi connectivity index (χ0) is 14.6.